The lowest BCUT2D eigenvalue weighted by atomic mass is 10.1. The minimum Gasteiger partial charge on any atom is -0.399 e. The summed E-state index contributed by atoms with van der Waals surface area (Å²) in [6.45, 7) is 2.03. The van der Waals surface area contributed by atoms with Gasteiger partial charge >= 0.3 is 10.1 Å². The molecular formula is C15H17NO3S. The van der Waals surface area contributed by atoms with Crippen molar-refractivity contribution in [2.75, 3.05) is 5.73 Å². The Hall–Kier alpha value is -2.01. The van der Waals surface area contributed by atoms with Crippen molar-refractivity contribution < 1.29 is 12.6 Å². The summed E-state index contributed by atoms with van der Waals surface area (Å²) in [6.07, 6.45) is 1.68. The average molecular weight is 291 g/mol. The number of rotatable bonds is 5. The molecule has 0 heterocycles. The van der Waals surface area contributed by atoms with Gasteiger partial charge in [0.15, 0.2) is 0 Å². The maximum atomic E-state index is 12.2. The summed E-state index contributed by atoms with van der Waals surface area (Å²) in [5, 5.41) is 0. The molecule has 0 saturated heterocycles. The minimum atomic E-state index is -3.86. The molecule has 0 atom stereocenters. The lowest BCUT2D eigenvalue weighted by molar-refractivity contribution is 0.482. The normalized spacial score (nSPS) is 11.2. The topological polar surface area (TPSA) is 69.4 Å². The van der Waals surface area contributed by atoms with Gasteiger partial charge in [-0.05, 0) is 36.2 Å². The summed E-state index contributed by atoms with van der Waals surface area (Å²) in [6, 6.07) is 13.2. The van der Waals surface area contributed by atoms with Gasteiger partial charge in [0.25, 0.3) is 0 Å². The molecule has 0 aliphatic carbocycles. The van der Waals surface area contributed by atoms with Gasteiger partial charge in [0.1, 0.15) is 10.6 Å². The monoisotopic (exact) mass is 291 g/mol. The van der Waals surface area contributed by atoms with Gasteiger partial charge in [-0.2, -0.15) is 8.42 Å². The number of aryl methyl sites for hydroxylation is 1. The molecule has 0 fully saturated rings. The Labute approximate surface area is 119 Å². The fraction of sp³-hybridized carbons (Fsp3) is 0.200. The van der Waals surface area contributed by atoms with E-state index in [4.69, 9.17) is 9.92 Å². The van der Waals surface area contributed by atoms with Crippen molar-refractivity contribution in [1.29, 1.82) is 0 Å². The van der Waals surface area contributed by atoms with E-state index in [9.17, 15) is 8.42 Å². The third kappa shape index (κ3) is 3.30. The smallest absolute Gasteiger partial charge is 0.339 e. The predicted octanol–water partition coefficient (Wildman–Crippen LogP) is 2.99. The number of nitrogen functional groups attached to an aromatic ring is 1. The highest BCUT2D eigenvalue weighted by Gasteiger charge is 2.18. The molecule has 0 radical (unpaired) electrons. The highest BCUT2D eigenvalue weighted by molar-refractivity contribution is 7.87. The van der Waals surface area contributed by atoms with Crippen molar-refractivity contribution in [3.63, 3.8) is 0 Å². The molecule has 106 valence electrons. The van der Waals surface area contributed by atoms with E-state index < -0.39 is 10.1 Å². The molecular weight excluding hydrogens is 274 g/mol. The number of benzene rings is 2. The van der Waals surface area contributed by atoms with E-state index in [1.165, 1.54) is 12.1 Å². The average Bonchev–Trinajstić information content (AvgIpc) is 2.41. The van der Waals surface area contributed by atoms with Crippen molar-refractivity contribution >= 4 is 15.8 Å². The van der Waals surface area contributed by atoms with Crippen LogP contribution in [0.4, 0.5) is 5.69 Å². The molecule has 2 N–H and O–H groups in total. The summed E-state index contributed by atoms with van der Waals surface area (Å²) in [4.78, 5) is 0.0591. The van der Waals surface area contributed by atoms with Gasteiger partial charge in [0, 0.05) is 5.69 Å². The molecule has 0 aliphatic rings. The van der Waals surface area contributed by atoms with Crippen LogP contribution >= 0.6 is 0 Å². The number of hydrogen-bond donors (Lipinski definition) is 1. The molecule has 0 aliphatic heterocycles. The molecule has 0 aromatic heterocycles. The summed E-state index contributed by atoms with van der Waals surface area (Å²) in [5.41, 5.74) is 6.87. The van der Waals surface area contributed by atoms with E-state index >= 15 is 0 Å². The maximum absolute atomic E-state index is 12.2. The second kappa shape index (κ2) is 5.96. The molecule has 0 spiro atoms. The van der Waals surface area contributed by atoms with E-state index in [0.29, 0.717) is 11.4 Å². The van der Waals surface area contributed by atoms with Gasteiger partial charge in [-0.1, -0.05) is 37.6 Å². The molecule has 2 aromatic carbocycles. The van der Waals surface area contributed by atoms with Crippen LogP contribution in [0.25, 0.3) is 0 Å². The SMILES string of the molecule is CCCc1ccccc1OS(=O)(=O)c1cccc(N)c1. The third-order valence-corrected chi connectivity index (χ3v) is 4.07. The first-order valence-corrected chi connectivity index (χ1v) is 7.81. The van der Waals surface area contributed by atoms with Crippen LogP contribution in [0.15, 0.2) is 53.4 Å². The van der Waals surface area contributed by atoms with Gasteiger partial charge in [-0.3, -0.25) is 0 Å². The number of hydrogen-bond acceptors (Lipinski definition) is 4. The fourth-order valence-electron chi connectivity index (χ4n) is 1.90. The first kappa shape index (κ1) is 14.4. The van der Waals surface area contributed by atoms with Crippen LogP contribution < -0.4 is 9.92 Å². The predicted molar refractivity (Wildman–Crippen MR) is 79.1 cm³/mol. The van der Waals surface area contributed by atoms with E-state index in [1.807, 2.05) is 19.1 Å². The molecule has 5 heteroatoms. The van der Waals surface area contributed by atoms with Crippen molar-refractivity contribution in [2.24, 2.45) is 0 Å². The van der Waals surface area contributed by atoms with E-state index in [1.54, 1.807) is 24.3 Å². The van der Waals surface area contributed by atoms with Crippen LogP contribution in [-0.2, 0) is 16.5 Å². The number of nitrogens with two attached hydrogens (primary N) is 1. The van der Waals surface area contributed by atoms with Crippen LogP contribution in [0.1, 0.15) is 18.9 Å². The Bertz CT molecular complexity index is 696. The quantitative estimate of drug-likeness (QED) is 0.679. The second-order valence-corrected chi connectivity index (χ2v) is 6.01. The molecule has 0 unspecified atom stereocenters. The standard InChI is InChI=1S/C15H17NO3S/c1-2-6-12-7-3-4-10-15(12)19-20(17,18)14-9-5-8-13(16)11-14/h3-5,7-11H,2,6,16H2,1H3. The Balaban J connectivity index is 2.34. The lowest BCUT2D eigenvalue weighted by Gasteiger charge is -2.11. The van der Waals surface area contributed by atoms with Crippen molar-refractivity contribution in [1.82, 2.24) is 0 Å². The largest absolute Gasteiger partial charge is 0.399 e. The van der Waals surface area contributed by atoms with Crippen LogP contribution in [0.5, 0.6) is 5.75 Å². The van der Waals surface area contributed by atoms with Gasteiger partial charge in [-0.25, -0.2) is 0 Å². The zero-order valence-corrected chi connectivity index (χ0v) is 12.1. The highest BCUT2D eigenvalue weighted by atomic mass is 32.2. The van der Waals surface area contributed by atoms with Gasteiger partial charge in [-0.15, -0.1) is 0 Å². The van der Waals surface area contributed by atoms with Crippen LogP contribution in [-0.4, -0.2) is 8.42 Å². The Morgan fingerprint density at radius 2 is 1.85 bits per heavy atom. The first-order chi connectivity index (χ1) is 9.53. The molecule has 2 rings (SSSR count). The van der Waals surface area contributed by atoms with Crippen LogP contribution in [0.3, 0.4) is 0 Å². The zero-order chi connectivity index (χ0) is 14.6. The van der Waals surface area contributed by atoms with Gasteiger partial charge in [0.2, 0.25) is 0 Å². The number of para-hydroxylation sites is 1. The van der Waals surface area contributed by atoms with Crippen molar-refractivity contribution in [3.8, 4) is 5.75 Å². The lowest BCUT2D eigenvalue weighted by Crippen LogP contribution is -2.11. The Morgan fingerprint density at radius 1 is 1.10 bits per heavy atom. The van der Waals surface area contributed by atoms with Gasteiger partial charge in [0.05, 0.1) is 0 Å². The molecule has 2 aromatic rings. The number of anilines is 1. The first-order valence-electron chi connectivity index (χ1n) is 6.41. The molecule has 20 heavy (non-hydrogen) atoms. The highest BCUT2D eigenvalue weighted by Crippen LogP contribution is 2.24. The molecule has 0 amide bonds. The minimum absolute atomic E-state index is 0.0591. The third-order valence-electron chi connectivity index (χ3n) is 2.84. The second-order valence-electron chi connectivity index (χ2n) is 4.47. The van der Waals surface area contributed by atoms with E-state index in [0.717, 1.165) is 18.4 Å². The van der Waals surface area contributed by atoms with Crippen molar-refractivity contribution in [2.45, 2.75) is 24.7 Å². The zero-order valence-electron chi connectivity index (χ0n) is 11.2. The molecule has 0 saturated carbocycles. The Morgan fingerprint density at radius 3 is 2.55 bits per heavy atom. The Kier molecular flexibility index (Phi) is 4.29. The molecule has 0 bridgehead atoms. The van der Waals surface area contributed by atoms with Crippen LogP contribution in [0.2, 0.25) is 0 Å². The van der Waals surface area contributed by atoms with Crippen molar-refractivity contribution in [3.05, 3.63) is 54.1 Å². The summed E-state index contributed by atoms with van der Waals surface area (Å²) < 4.78 is 29.7. The summed E-state index contributed by atoms with van der Waals surface area (Å²) in [5.74, 6) is 0.372. The van der Waals surface area contributed by atoms with Crippen LogP contribution in [0, 0.1) is 0 Å². The maximum Gasteiger partial charge on any atom is 0.339 e. The molecule has 4 nitrogen and oxygen atoms in total. The fourth-order valence-corrected chi connectivity index (χ4v) is 2.92. The van der Waals surface area contributed by atoms with Gasteiger partial charge < -0.3 is 9.92 Å². The summed E-state index contributed by atoms with van der Waals surface area (Å²) in [7, 11) is -3.86. The van der Waals surface area contributed by atoms with E-state index in [-0.39, 0.29) is 4.90 Å². The summed E-state index contributed by atoms with van der Waals surface area (Å²) >= 11 is 0. The van der Waals surface area contributed by atoms with E-state index in [2.05, 4.69) is 0 Å².